The van der Waals surface area contributed by atoms with Crippen molar-refractivity contribution in [1.82, 2.24) is 0 Å². The molecule has 3 rings (SSSR count). The van der Waals surface area contributed by atoms with Gasteiger partial charge in [-0.1, -0.05) is 35.7 Å². The molecule has 1 saturated carbocycles. The molecule has 0 radical (unpaired) electrons. The van der Waals surface area contributed by atoms with Crippen molar-refractivity contribution < 1.29 is 23.9 Å². The minimum atomic E-state index is -0.608. The van der Waals surface area contributed by atoms with Crippen LogP contribution in [0.4, 0.5) is 5.00 Å². The Morgan fingerprint density at radius 1 is 1.15 bits per heavy atom. The van der Waals surface area contributed by atoms with Crippen molar-refractivity contribution >= 4 is 63.5 Å². The molecule has 1 fully saturated rings. The number of hydrogen-bond acceptors (Lipinski definition) is 6. The molecule has 0 atom stereocenters. The first-order valence-corrected chi connectivity index (χ1v) is 12.3. The molecule has 1 aromatic heterocycles. The van der Waals surface area contributed by atoms with Crippen LogP contribution in [0.3, 0.4) is 0 Å². The highest BCUT2D eigenvalue weighted by Crippen LogP contribution is 2.35. The lowest BCUT2D eigenvalue weighted by molar-refractivity contribution is -0.111. The molecule has 1 aliphatic rings. The first-order chi connectivity index (χ1) is 15.8. The lowest BCUT2D eigenvalue weighted by Crippen LogP contribution is -2.21. The number of esters is 2. The third-order valence-corrected chi connectivity index (χ3v) is 7.00. The van der Waals surface area contributed by atoms with Gasteiger partial charge in [0.15, 0.2) is 0 Å². The predicted molar refractivity (Wildman–Crippen MR) is 131 cm³/mol. The number of hydrogen-bond donors (Lipinski definition) is 1. The van der Waals surface area contributed by atoms with Gasteiger partial charge in [0, 0.05) is 16.1 Å². The Hall–Kier alpha value is -2.35. The van der Waals surface area contributed by atoms with E-state index in [0.717, 1.165) is 43.4 Å². The molecule has 1 heterocycles. The van der Waals surface area contributed by atoms with Crippen molar-refractivity contribution in [3.63, 3.8) is 0 Å². The fourth-order valence-electron chi connectivity index (χ4n) is 3.59. The predicted octanol–water partition coefficient (Wildman–Crippen LogP) is 6.68. The van der Waals surface area contributed by atoms with Crippen molar-refractivity contribution in [2.24, 2.45) is 0 Å². The number of nitrogens with one attached hydrogen (secondary N) is 1. The molecule has 1 N–H and O–H groups in total. The molecule has 6 nitrogen and oxygen atoms in total. The van der Waals surface area contributed by atoms with Crippen LogP contribution in [0.15, 0.2) is 24.3 Å². The summed E-state index contributed by atoms with van der Waals surface area (Å²) in [5.74, 6) is -1.58. The van der Waals surface area contributed by atoms with Crippen molar-refractivity contribution in [1.29, 1.82) is 0 Å². The van der Waals surface area contributed by atoms with Gasteiger partial charge in [0.1, 0.15) is 16.0 Å². The van der Waals surface area contributed by atoms with Crippen LogP contribution in [0, 0.1) is 6.92 Å². The minimum absolute atomic E-state index is 0.121. The van der Waals surface area contributed by atoms with Gasteiger partial charge in [-0.2, -0.15) is 0 Å². The van der Waals surface area contributed by atoms with Gasteiger partial charge in [-0.3, -0.25) is 4.79 Å². The molecule has 9 heteroatoms. The number of halogens is 2. The van der Waals surface area contributed by atoms with Gasteiger partial charge in [0.2, 0.25) is 5.91 Å². The molecule has 176 valence electrons. The number of thiophene rings is 1. The summed E-state index contributed by atoms with van der Waals surface area (Å²) in [6.07, 6.45) is 7.58. The van der Waals surface area contributed by atoms with Crippen LogP contribution in [0.1, 0.15) is 70.2 Å². The number of carbonyl (C=O) groups excluding carboxylic acids is 3. The maximum atomic E-state index is 12.8. The highest BCUT2D eigenvalue weighted by molar-refractivity contribution is 7.18. The summed E-state index contributed by atoms with van der Waals surface area (Å²) >= 11 is 13.0. The van der Waals surface area contributed by atoms with E-state index in [1.165, 1.54) is 12.2 Å². The Morgan fingerprint density at radius 2 is 1.88 bits per heavy atom. The number of anilines is 1. The van der Waals surface area contributed by atoms with Crippen LogP contribution >= 0.6 is 34.5 Å². The molecule has 1 aliphatic carbocycles. The molecular weight excluding hydrogens is 485 g/mol. The Bertz CT molecular complexity index is 1070. The Labute approximate surface area is 206 Å². The second kappa shape index (κ2) is 11.7. The standard InChI is InChI=1S/C24H25Cl2NO5S/c1-3-31-23(29)20-14(2)21(24(30)32-17-7-5-4-6-8-17)33-22(20)27-19(28)12-10-15-9-11-16(25)13-18(15)26/h9-13,17H,3-8H2,1-2H3,(H,27,28)/b12-10+. The van der Waals surface area contributed by atoms with Gasteiger partial charge in [0.05, 0.1) is 12.2 Å². The van der Waals surface area contributed by atoms with Crippen LogP contribution < -0.4 is 5.32 Å². The zero-order valence-electron chi connectivity index (χ0n) is 18.4. The fourth-order valence-corrected chi connectivity index (χ4v) is 5.14. The summed E-state index contributed by atoms with van der Waals surface area (Å²) in [5, 5.41) is 3.81. The molecule has 0 saturated heterocycles. The zero-order valence-corrected chi connectivity index (χ0v) is 20.7. The summed E-state index contributed by atoms with van der Waals surface area (Å²) in [4.78, 5) is 38.3. The van der Waals surface area contributed by atoms with E-state index in [-0.39, 0.29) is 28.2 Å². The fraction of sp³-hybridized carbons (Fsp3) is 0.375. The lowest BCUT2D eigenvalue weighted by atomic mass is 9.98. The van der Waals surface area contributed by atoms with Crippen LogP contribution in [0.25, 0.3) is 6.08 Å². The molecule has 0 unspecified atom stereocenters. The lowest BCUT2D eigenvalue weighted by Gasteiger charge is -2.21. The average Bonchev–Trinajstić information content (AvgIpc) is 3.09. The smallest absolute Gasteiger partial charge is 0.348 e. The third kappa shape index (κ3) is 6.59. The molecule has 2 aromatic rings. The molecule has 0 bridgehead atoms. The van der Waals surface area contributed by atoms with E-state index in [1.54, 1.807) is 32.0 Å². The molecule has 0 spiro atoms. The van der Waals surface area contributed by atoms with Gasteiger partial charge in [-0.15, -0.1) is 11.3 Å². The van der Waals surface area contributed by atoms with Crippen LogP contribution in [-0.4, -0.2) is 30.6 Å². The maximum Gasteiger partial charge on any atom is 0.348 e. The van der Waals surface area contributed by atoms with Crippen molar-refractivity contribution in [3.8, 4) is 0 Å². The average molecular weight is 510 g/mol. The minimum Gasteiger partial charge on any atom is -0.462 e. The van der Waals surface area contributed by atoms with Gasteiger partial charge in [0.25, 0.3) is 0 Å². The van der Waals surface area contributed by atoms with E-state index < -0.39 is 17.8 Å². The van der Waals surface area contributed by atoms with Crippen molar-refractivity contribution in [3.05, 3.63) is 55.9 Å². The maximum absolute atomic E-state index is 12.8. The number of benzene rings is 1. The number of rotatable bonds is 7. The van der Waals surface area contributed by atoms with Crippen LogP contribution in [0.2, 0.25) is 10.0 Å². The van der Waals surface area contributed by atoms with Gasteiger partial charge in [-0.25, -0.2) is 9.59 Å². The summed E-state index contributed by atoms with van der Waals surface area (Å²) in [5.41, 5.74) is 1.20. The summed E-state index contributed by atoms with van der Waals surface area (Å²) < 4.78 is 10.8. The summed E-state index contributed by atoms with van der Waals surface area (Å²) in [7, 11) is 0. The summed E-state index contributed by atoms with van der Waals surface area (Å²) in [6, 6.07) is 4.93. The molecule has 33 heavy (non-hydrogen) atoms. The summed E-state index contributed by atoms with van der Waals surface area (Å²) in [6.45, 7) is 3.51. The van der Waals surface area contributed by atoms with Crippen molar-refractivity contribution in [2.45, 2.75) is 52.1 Å². The van der Waals surface area contributed by atoms with Crippen LogP contribution in [-0.2, 0) is 14.3 Å². The van der Waals surface area contributed by atoms with E-state index in [4.69, 9.17) is 32.7 Å². The SMILES string of the molecule is CCOC(=O)c1c(NC(=O)/C=C/c2ccc(Cl)cc2Cl)sc(C(=O)OC2CCCCC2)c1C. The van der Waals surface area contributed by atoms with E-state index in [1.807, 2.05) is 0 Å². The Morgan fingerprint density at radius 3 is 2.55 bits per heavy atom. The van der Waals surface area contributed by atoms with Crippen molar-refractivity contribution in [2.75, 3.05) is 11.9 Å². The van der Waals surface area contributed by atoms with Crippen LogP contribution in [0.5, 0.6) is 0 Å². The molecule has 1 amide bonds. The van der Waals surface area contributed by atoms with E-state index >= 15 is 0 Å². The molecular formula is C24H25Cl2NO5S. The Kier molecular flexibility index (Phi) is 8.95. The normalized spacial score (nSPS) is 14.3. The van der Waals surface area contributed by atoms with Gasteiger partial charge >= 0.3 is 11.9 Å². The van der Waals surface area contributed by atoms with E-state index in [0.29, 0.717) is 21.2 Å². The highest BCUT2D eigenvalue weighted by Gasteiger charge is 2.28. The largest absolute Gasteiger partial charge is 0.462 e. The second-order valence-electron chi connectivity index (χ2n) is 7.63. The number of amides is 1. The highest BCUT2D eigenvalue weighted by atomic mass is 35.5. The topological polar surface area (TPSA) is 81.7 Å². The number of carbonyl (C=O) groups is 3. The van der Waals surface area contributed by atoms with E-state index in [9.17, 15) is 14.4 Å². The molecule has 1 aromatic carbocycles. The molecule has 0 aliphatic heterocycles. The monoisotopic (exact) mass is 509 g/mol. The quantitative estimate of drug-likeness (QED) is 0.332. The third-order valence-electron chi connectivity index (χ3n) is 5.25. The second-order valence-corrected chi connectivity index (χ2v) is 9.50. The Balaban J connectivity index is 1.82. The first-order valence-electron chi connectivity index (χ1n) is 10.8. The first kappa shape index (κ1) is 25.3. The van der Waals surface area contributed by atoms with Gasteiger partial charge in [-0.05, 0) is 68.9 Å². The zero-order chi connectivity index (χ0) is 24.0. The number of ether oxygens (including phenoxy) is 2. The van der Waals surface area contributed by atoms with E-state index in [2.05, 4.69) is 5.32 Å². The van der Waals surface area contributed by atoms with Gasteiger partial charge < -0.3 is 14.8 Å².